The number of anilines is 2. The van der Waals surface area contributed by atoms with Crippen LogP contribution in [-0.4, -0.2) is 37.8 Å². The molecule has 0 amide bonds. The fourth-order valence-electron chi connectivity index (χ4n) is 1.42. The van der Waals surface area contributed by atoms with Crippen molar-refractivity contribution in [2.45, 2.75) is 19.8 Å². The second-order valence-corrected chi connectivity index (χ2v) is 4.02. The highest BCUT2D eigenvalue weighted by Crippen LogP contribution is 2.15. The molecule has 0 fully saturated rings. The number of aromatic nitrogens is 1. The van der Waals surface area contributed by atoms with E-state index >= 15 is 0 Å². The zero-order chi connectivity index (χ0) is 14.1. The molecule has 0 atom stereocenters. The highest BCUT2D eigenvalue weighted by molar-refractivity contribution is 5.88. The van der Waals surface area contributed by atoms with Crippen molar-refractivity contribution < 1.29 is 14.3 Å². The second-order valence-electron chi connectivity index (χ2n) is 4.02. The van der Waals surface area contributed by atoms with Gasteiger partial charge in [0, 0.05) is 13.2 Å². The normalized spacial score (nSPS) is 10.2. The highest BCUT2D eigenvalue weighted by atomic mass is 16.5. The smallest absolute Gasteiger partial charge is 0.356 e. The summed E-state index contributed by atoms with van der Waals surface area (Å²) in [6, 6.07) is 3.16. The third-order valence-corrected chi connectivity index (χ3v) is 2.50. The minimum Gasteiger partial charge on any atom is -0.464 e. The Morgan fingerprint density at radius 2 is 2.21 bits per heavy atom. The lowest BCUT2D eigenvalue weighted by atomic mass is 10.3. The van der Waals surface area contributed by atoms with Gasteiger partial charge in [-0.1, -0.05) is 13.3 Å². The number of esters is 1. The summed E-state index contributed by atoms with van der Waals surface area (Å²) in [5, 5.41) is 3.04. The Hall–Kier alpha value is -1.82. The van der Waals surface area contributed by atoms with Crippen LogP contribution in [0.3, 0.4) is 0 Å². The summed E-state index contributed by atoms with van der Waals surface area (Å²) in [5.41, 5.74) is 6.49. The Bertz CT molecular complexity index is 410. The van der Waals surface area contributed by atoms with Gasteiger partial charge in [-0.05, 0) is 18.6 Å². The maximum Gasteiger partial charge on any atom is 0.356 e. The number of pyridine rings is 1. The number of ether oxygens (including phenoxy) is 2. The Morgan fingerprint density at radius 3 is 2.89 bits per heavy atom. The fourth-order valence-corrected chi connectivity index (χ4v) is 1.42. The number of carbonyl (C=O) groups excluding carboxylic acids is 1. The average Bonchev–Trinajstić information content (AvgIpc) is 2.43. The van der Waals surface area contributed by atoms with E-state index in [0.29, 0.717) is 24.7 Å². The molecule has 0 aliphatic rings. The molecule has 106 valence electrons. The molecule has 0 unspecified atom stereocenters. The molecule has 0 spiro atoms. The number of nitrogens with zero attached hydrogens (tertiary/aromatic N) is 1. The van der Waals surface area contributed by atoms with E-state index in [1.165, 1.54) is 13.2 Å². The lowest BCUT2D eigenvalue weighted by Crippen LogP contribution is -2.14. The topological polar surface area (TPSA) is 86.5 Å². The number of methoxy groups -OCH3 is 1. The van der Waals surface area contributed by atoms with Crippen molar-refractivity contribution in [2.24, 2.45) is 0 Å². The van der Waals surface area contributed by atoms with Crippen LogP contribution in [0.1, 0.15) is 30.3 Å². The first-order valence-electron chi connectivity index (χ1n) is 6.35. The summed E-state index contributed by atoms with van der Waals surface area (Å²) in [7, 11) is 1.31. The molecule has 0 saturated carbocycles. The quantitative estimate of drug-likeness (QED) is 0.550. The van der Waals surface area contributed by atoms with Crippen molar-refractivity contribution in [2.75, 3.05) is 37.9 Å². The van der Waals surface area contributed by atoms with E-state index in [9.17, 15) is 4.79 Å². The van der Waals surface area contributed by atoms with Crippen molar-refractivity contribution in [1.29, 1.82) is 0 Å². The summed E-state index contributed by atoms with van der Waals surface area (Å²) < 4.78 is 10.0. The summed E-state index contributed by atoms with van der Waals surface area (Å²) in [6.45, 7) is 4.03. The first-order valence-corrected chi connectivity index (χ1v) is 6.35. The highest BCUT2D eigenvalue weighted by Gasteiger charge is 2.09. The van der Waals surface area contributed by atoms with Gasteiger partial charge in [0.1, 0.15) is 5.82 Å². The summed E-state index contributed by atoms with van der Waals surface area (Å²) in [4.78, 5) is 15.5. The fraction of sp³-hybridized carbons (Fsp3) is 0.538. The SMILES string of the molecule is CCCCOCCNc1nc(C(=O)OC)ccc1N. The van der Waals surface area contributed by atoms with E-state index in [1.54, 1.807) is 6.07 Å². The largest absolute Gasteiger partial charge is 0.464 e. The van der Waals surface area contributed by atoms with Crippen LogP contribution in [-0.2, 0) is 9.47 Å². The van der Waals surface area contributed by atoms with Crippen LogP contribution in [0, 0.1) is 0 Å². The summed E-state index contributed by atoms with van der Waals surface area (Å²) >= 11 is 0. The number of unbranched alkanes of at least 4 members (excludes halogenated alkanes) is 1. The monoisotopic (exact) mass is 267 g/mol. The van der Waals surface area contributed by atoms with Crippen molar-refractivity contribution >= 4 is 17.5 Å². The van der Waals surface area contributed by atoms with E-state index < -0.39 is 5.97 Å². The molecule has 6 nitrogen and oxygen atoms in total. The standard InChI is InChI=1S/C13H21N3O3/c1-3-4-8-19-9-7-15-12-10(14)5-6-11(16-12)13(17)18-2/h5-6H,3-4,7-9,14H2,1-2H3,(H,15,16). The van der Waals surface area contributed by atoms with Gasteiger partial charge in [0.15, 0.2) is 5.69 Å². The first-order chi connectivity index (χ1) is 9.19. The van der Waals surface area contributed by atoms with Crippen molar-refractivity contribution in [3.05, 3.63) is 17.8 Å². The summed E-state index contributed by atoms with van der Waals surface area (Å²) in [5.74, 6) is -0.00997. The molecule has 6 heteroatoms. The number of nitrogens with one attached hydrogen (secondary N) is 1. The van der Waals surface area contributed by atoms with Gasteiger partial charge in [-0.15, -0.1) is 0 Å². The van der Waals surface area contributed by atoms with Crippen LogP contribution in [0.4, 0.5) is 11.5 Å². The molecule has 1 heterocycles. The van der Waals surface area contributed by atoms with E-state index in [0.717, 1.165) is 19.4 Å². The number of nitrogen functional groups attached to an aromatic ring is 1. The van der Waals surface area contributed by atoms with E-state index in [1.807, 2.05) is 0 Å². The molecule has 3 N–H and O–H groups in total. The van der Waals surface area contributed by atoms with Crippen molar-refractivity contribution in [3.63, 3.8) is 0 Å². The molecule has 0 aliphatic heterocycles. The van der Waals surface area contributed by atoms with E-state index in [4.69, 9.17) is 10.5 Å². The Morgan fingerprint density at radius 1 is 1.42 bits per heavy atom. The van der Waals surface area contributed by atoms with Gasteiger partial charge in [0.25, 0.3) is 0 Å². The lowest BCUT2D eigenvalue weighted by Gasteiger charge is -2.09. The third kappa shape index (κ3) is 5.13. The minimum absolute atomic E-state index is 0.228. The lowest BCUT2D eigenvalue weighted by molar-refractivity contribution is 0.0594. The van der Waals surface area contributed by atoms with Crippen LogP contribution in [0.25, 0.3) is 0 Å². The maximum atomic E-state index is 11.3. The first kappa shape index (κ1) is 15.2. The Labute approximate surface area is 113 Å². The van der Waals surface area contributed by atoms with Crippen LogP contribution in [0.2, 0.25) is 0 Å². The number of carbonyl (C=O) groups is 1. The molecule has 1 aromatic heterocycles. The predicted octanol–water partition coefficient (Wildman–Crippen LogP) is 1.68. The zero-order valence-electron chi connectivity index (χ0n) is 11.4. The number of nitrogens with two attached hydrogens (primary N) is 1. The van der Waals surface area contributed by atoms with E-state index in [-0.39, 0.29) is 5.69 Å². The molecular weight excluding hydrogens is 246 g/mol. The minimum atomic E-state index is -0.484. The molecular formula is C13H21N3O3. The van der Waals surface area contributed by atoms with Crippen molar-refractivity contribution in [1.82, 2.24) is 4.98 Å². The van der Waals surface area contributed by atoms with Gasteiger partial charge < -0.3 is 20.5 Å². The number of hydrogen-bond donors (Lipinski definition) is 2. The number of rotatable bonds is 8. The van der Waals surface area contributed by atoms with Crippen LogP contribution >= 0.6 is 0 Å². The van der Waals surface area contributed by atoms with Crippen LogP contribution in [0.15, 0.2) is 12.1 Å². The average molecular weight is 267 g/mol. The predicted molar refractivity (Wildman–Crippen MR) is 74.2 cm³/mol. The van der Waals surface area contributed by atoms with Crippen molar-refractivity contribution in [3.8, 4) is 0 Å². The second kappa shape index (κ2) is 8.31. The molecule has 1 aromatic rings. The van der Waals surface area contributed by atoms with Crippen LogP contribution < -0.4 is 11.1 Å². The van der Waals surface area contributed by atoms with Gasteiger partial charge >= 0.3 is 5.97 Å². The van der Waals surface area contributed by atoms with Gasteiger partial charge in [-0.2, -0.15) is 0 Å². The number of hydrogen-bond acceptors (Lipinski definition) is 6. The third-order valence-electron chi connectivity index (χ3n) is 2.50. The molecule has 0 saturated heterocycles. The van der Waals surface area contributed by atoms with Gasteiger partial charge in [-0.25, -0.2) is 9.78 Å². The van der Waals surface area contributed by atoms with Gasteiger partial charge in [0.05, 0.1) is 19.4 Å². The molecule has 0 aliphatic carbocycles. The molecule has 1 rings (SSSR count). The molecule has 0 radical (unpaired) electrons. The van der Waals surface area contributed by atoms with E-state index in [2.05, 4.69) is 22.0 Å². The van der Waals surface area contributed by atoms with Gasteiger partial charge in [-0.3, -0.25) is 0 Å². The Balaban J connectivity index is 2.46. The molecule has 0 aromatic carbocycles. The Kier molecular flexibility index (Phi) is 6.67. The van der Waals surface area contributed by atoms with Gasteiger partial charge in [0.2, 0.25) is 0 Å². The van der Waals surface area contributed by atoms with Crippen LogP contribution in [0.5, 0.6) is 0 Å². The molecule has 19 heavy (non-hydrogen) atoms. The zero-order valence-corrected chi connectivity index (χ0v) is 11.4. The maximum absolute atomic E-state index is 11.3. The molecule has 0 bridgehead atoms. The summed E-state index contributed by atoms with van der Waals surface area (Å²) in [6.07, 6.45) is 2.17.